The van der Waals surface area contributed by atoms with Crippen molar-refractivity contribution in [2.45, 2.75) is 13.5 Å². The average Bonchev–Trinajstić information content (AvgIpc) is 2.65. The molecule has 1 heterocycles. The third-order valence-corrected chi connectivity index (χ3v) is 3.35. The minimum atomic E-state index is -0.285. The van der Waals surface area contributed by atoms with Gasteiger partial charge >= 0.3 is 0 Å². The van der Waals surface area contributed by atoms with Gasteiger partial charge in [-0.25, -0.2) is 4.98 Å². The van der Waals surface area contributed by atoms with E-state index in [2.05, 4.69) is 15.6 Å². The van der Waals surface area contributed by atoms with Crippen molar-refractivity contribution in [3.8, 4) is 17.4 Å². The molecule has 0 saturated heterocycles. The number of nitrogens with one attached hydrogen (secondary N) is 2. The molecule has 0 aliphatic heterocycles. The van der Waals surface area contributed by atoms with Crippen LogP contribution < -0.4 is 24.8 Å². The van der Waals surface area contributed by atoms with Crippen LogP contribution in [0, 0.1) is 0 Å². The number of methoxy groups -OCH3 is 2. The highest BCUT2D eigenvalue weighted by Gasteiger charge is 2.07. The van der Waals surface area contributed by atoms with E-state index in [1.807, 2.05) is 6.07 Å². The van der Waals surface area contributed by atoms with Crippen LogP contribution in [0.15, 0.2) is 36.5 Å². The molecule has 0 saturated carbocycles. The van der Waals surface area contributed by atoms with Crippen molar-refractivity contribution < 1.29 is 23.8 Å². The van der Waals surface area contributed by atoms with Crippen LogP contribution in [0.25, 0.3) is 0 Å². The summed E-state index contributed by atoms with van der Waals surface area (Å²) in [7, 11) is 3.12. The molecule has 0 unspecified atom stereocenters. The van der Waals surface area contributed by atoms with Gasteiger partial charge in [0.25, 0.3) is 5.91 Å². The van der Waals surface area contributed by atoms with Crippen molar-refractivity contribution in [2.24, 2.45) is 0 Å². The second-order valence-electron chi connectivity index (χ2n) is 5.32. The molecule has 8 heteroatoms. The zero-order valence-corrected chi connectivity index (χ0v) is 14.9. The molecule has 2 amide bonds. The molecule has 0 bridgehead atoms. The maximum atomic E-state index is 11.9. The molecule has 2 aromatic rings. The Balaban J connectivity index is 1.81. The number of anilines is 1. The number of amides is 2. The van der Waals surface area contributed by atoms with E-state index in [1.54, 1.807) is 38.5 Å². The molecule has 0 atom stereocenters. The average molecular weight is 359 g/mol. The fraction of sp³-hybridized carbons (Fsp3) is 0.278. The van der Waals surface area contributed by atoms with E-state index in [0.29, 0.717) is 29.6 Å². The number of rotatable bonds is 8. The summed E-state index contributed by atoms with van der Waals surface area (Å²) in [6, 6.07) is 8.63. The summed E-state index contributed by atoms with van der Waals surface area (Å²) >= 11 is 0. The first-order chi connectivity index (χ1) is 12.5. The Bertz CT molecular complexity index is 762. The van der Waals surface area contributed by atoms with Gasteiger partial charge in [-0.1, -0.05) is 6.07 Å². The van der Waals surface area contributed by atoms with Crippen LogP contribution >= 0.6 is 0 Å². The summed E-state index contributed by atoms with van der Waals surface area (Å²) in [6.07, 6.45) is 1.46. The fourth-order valence-electron chi connectivity index (χ4n) is 2.12. The highest BCUT2D eigenvalue weighted by atomic mass is 16.5. The molecule has 0 aliphatic carbocycles. The number of carbonyl (C=O) groups is 2. The molecular formula is C18H21N3O5. The summed E-state index contributed by atoms with van der Waals surface area (Å²) in [6.45, 7) is 1.57. The lowest BCUT2D eigenvalue weighted by atomic mass is 10.2. The minimum absolute atomic E-state index is 0.167. The smallest absolute Gasteiger partial charge is 0.258 e. The Kier molecular flexibility index (Phi) is 6.78. The zero-order valence-electron chi connectivity index (χ0n) is 14.9. The summed E-state index contributed by atoms with van der Waals surface area (Å²) in [5.41, 5.74) is 1.43. The maximum Gasteiger partial charge on any atom is 0.258 e. The lowest BCUT2D eigenvalue weighted by Crippen LogP contribution is -2.28. The predicted octanol–water partition coefficient (Wildman–Crippen LogP) is 1.75. The molecule has 2 N–H and O–H groups in total. The van der Waals surface area contributed by atoms with Crippen molar-refractivity contribution in [3.05, 3.63) is 42.1 Å². The first kappa shape index (κ1) is 19.0. The number of ether oxygens (including phenoxy) is 3. The molecule has 1 aromatic carbocycles. The second kappa shape index (κ2) is 9.26. The quantitative estimate of drug-likeness (QED) is 0.745. The third kappa shape index (κ3) is 5.66. The number of benzene rings is 1. The monoisotopic (exact) mass is 359 g/mol. The Hall–Kier alpha value is -3.29. The van der Waals surface area contributed by atoms with E-state index in [0.717, 1.165) is 5.56 Å². The van der Waals surface area contributed by atoms with Crippen molar-refractivity contribution in [1.82, 2.24) is 10.3 Å². The molecule has 0 aliphatic rings. The van der Waals surface area contributed by atoms with E-state index in [9.17, 15) is 9.59 Å². The molecule has 0 radical (unpaired) electrons. The van der Waals surface area contributed by atoms with E-state index < -0.39 is 0 Å². The first-order valence-corrected chi connectivity index (χ1v) is 7.86. The van der Waals surface area contributed by atoms with Crippen LogP contribution in [0.4, 0.5) is 5.69 Å². The Morgan fingerprint density at radius 3 is 2.46 bits per heavy atom. The number of nitrogens with zero attached hydrogens (tertiary/aromatic N) is 1. The summed E-state index contributed by atoms with van der Waals surface area (Å²) in [4.78, 5) is 26.9. The van der Waals surface area contributed by atoms with Gasteiger partial charge in [-0.3, -0.25) is 9.59 Å². The van der Waals surface area contributed by atoms with Crippen LogP contribution in [-0.2, 0) is 16.1 Å². The standard InChI is InChI=1S/C18H21N3O5/c1-12(22)21-14-5-7-18(20-10-14)26-11-17(23)19-9-13-4-6-15(24-2)16(8-13)25-3/h4-8,10H,9,11H2,1-3H3,(H,19,23)(H,21,22). The van der Waals surface area contributed by atoms with E-state index in [-0.39, 0.29) is 18.4 Å². The van der Waals surface area contributed by atoms with E-state index >= 15 is 0 Å². The second-order valence-corrected chi connectivity index (χ2v) is 5.32. The molecule has 0 spiro atoms. The molecule has 138 valence electrons. The van der Waals surface area contributed by atoms with Gasteiger partial charge in [0.1, 0.15) is 0 Å². The third-order valence-electron chi connectivity index (χ3n) is 3.35. The topological polar surface area (TPSA) is 98.8 Å². The first-order valence-electron chi connectivity index (χ1n) is 7.86. The normalized spacial score (nSPS) is 9.96. The van der Waals surface area contributed by atoms with Gasteiger partial charge in [0.15, 0.2) is 18.1 Å². The Labute approximate surface area is 151 Å². The molecule has 1 aromatic heterocycles. The molecule has 0 fully saturated rings. The molecule has 2 rings (SSSR count). The maximum absolute atomic E-state index is 11.9. The lowest BCUT2D eigenvalue weighted by molar-refractivity contribution is -0.123. The van der Waals surface area contributed by atoms with Gasteiger partial charge in [0.05, 0.1) is 26.1 Å². The van der Waals surface area contributed by atoms with Crippen LogP contribution in [0.3, 0.4) is 0 Å². The predicted molar refractivity (Wildman–Crippen MR) is 95.4 cm³/mol. The molecular weight excluding hydrogens is 338 g/mol. The van der Waals surface area contributed by atoms with E-state index in [4.69, 9.17) is 14.2 Å². The van der Waals surface area contributed by atoms with Gasteiger partial charge in [0.2, 0.25) is 11.8 Å². The zero-order chi connectivity index (χ0) is 18.9. The number of aromatic nitrogens is 1. The van der Waals surface area contributed by atoms with Crippen molar-refractivity contribution in [3.63, 3.8) is 0 Å². The van der Waals surface area contributed by atoms with Crippen LogP contribution in [0.1, 0.15) is 12.5 Å². The molecule has 8 nitrogen and oxygen atoms in total. The van der Waals surface area contributed by atoms with E-state index in [1.165, 1.54) is 13.1 Å². The SMILES string of the molecule is COc1ccc(CNC(=O)COc2ccc(NC(C)=O)cn2)cc1OC. The number of hydrogen-bond donors (Lipinski definition) is 2. The van der Waals surface area contributed by atoms with Gasteiger partial charge in [-0.2, -0.15) is 0 Å². The highest BCUT2D eigenvalue weighted by molar-refractivity contribution is 5.88. The van der Waals surface area contributed by atoms with Gasteiger partial charge < -0.3 is 24.8 Å². The summed E-state index contributed by atoms with van der Waals surface area (Å²) < 4.78 is 15.7. The largest absolute Gasteiger partial charge is 0.493 e. The summed E-state index contributed by atoms with van der Waals surface area (Å²) in [5.74, 6) is 1.04. The van der Waals surface area contributed by atoms with Crippen molar-refractivity contribution in [2.75, 3.05) is 26.1 Å². The fourth-order valence-corrected chi connectivity index (χ4v) is 2.12. The Morgan fingerprint density at radius 1 is 1.08 bits per heavy atom. The highest BCUT2D eigenvalue weighted by Crippen LogP contribution is 2.27. The van der Waals surface area contributed by atoms with Crippen molar-refractivity contribution >= 4 is 17.5 Å². The number of carbonyl (C=O) groups excluding carboxylic acids is 2. The van der Waals surface area contributed by atoms with Gasteiger partial charge in [-0.05, 0) is 23.8 Å². The van der Waals surface area contributed by atoms with Gasteiger partial charge in [-0.15, -0.1) is 0 Å². The lowest BCUT2D eigenvalue weighted by Gasteiger charge is -2.11. The summed E-state index contributed by atoms with van der Waals surface area (Å²) in [5, 5.41) is 5.35. The van der Waals surface area contributed by atoms with Gasteiger partial charge in [0, 0.05) is 19.5 Å². The van der Waals surface area contributed by atoms with Crippen LogP contribution in [0.2, 0.25) is 0 Å². The number of pyridine rings is 1. The Morgan fingerprint density at radius 2 is 1.85 bits per heavy atom. The van der Waals surface area contributed by atoms with Crippen LogP contribution in [-0.4, -0.2) is 37.6 Å². The minimum Gasteiger partial charge on any atom is -0.493 e. The van der Waals surface area contributed by atoms with Crippen LogP contribution in [0.5, 0.6) is 17.4 Å². The number of hydrogen-bond acceptors (Lipinski definition) is 6. The molecule has 26 heavy (non-hydrogen) atoms. The van der Waals surface area contributed by atoms with Crippen molar-refractivity contribution in [1.29, 1.82) is 0 Å².